The molecule has 0 unspecified atom stereocenters. The van der Waals surface area contributed by atoms with Gasteiger partial charge in [-0.1, -0.05) is 20.8 Å². The lowest BCUT2D eigenvalue weighted by atomic mass is 10.0. The highest BCUT2D eigenvalue weighted by Crippen LogP contribution is 2.02. The highest BCUT2D eigenvalue weighted by Gasteiger charge is 2.06. The Morgan fingerprint density at radius 3 is 2.00 bits per heavy atom. The number of hydrogen-bond acceptors (Lipinski definition) is 2. The monoisotopic (exact) mass is 116 g/mol. The van der Waals surface area contributed by atoms with Gasteiger partial charge in [-0.15, -0.1) is 0 Å². The molecule has 0 radical (unpaired) electrons. The molecule has 0 aliphatic rings. The summed E-state index contributed by atoms with van der Waals surface area (Å²) in [7, 11) is 0. The number of nitrogens with one attached hydrogen (secondary N) is 1. The quantitative estimate of drug-likeness (QED) is 0.424. The van der Waals surface area contributed by atoms with Crippen LogP contribution in [0, 0.1) is 5.92 Å². The Morgan fingerprint density at radius 1 is 1.50 bits per heavy atom. The van der Waals surface area contributed by atoms with Crippen molar-refractivity contribution >= 4 is 0 Å². The molecule has 0 rings (SSSR count). The molecule has 0 aromatic rings. The summed E-state index contributed by atoms with van der Waals surface area (Å²) in [6.45, 7) is 6.45. The van der Waals surface area contributed by atoms with E-state index in [0.717, 1.165) is 6.42 Å². The van der Waals surface area contributed by atoms with Gasteiger partial charge in [0.25, 0.3) is 0 Å². The largest absolute Gasteiger partial charge is 0.271 e. The van der Waals surface area contributed by atoms with Gasteiger partial charge in [0.2, 0.25) is 0 Å². The van der Waals surface area contributed by atoms with Crippen molar-refractivity contribution in [1.29, 1.82) is 0 Å². The molecule has 0 spiro atoms. The second-order valence-corrected chi connectivity index (χ2v) is 2.43. The minimum absolute atomic E-state index is 0.481. The molecular weight excluding hydrogens is 100 g/mol. The maximum absolute atomic E-state index is 5.23. The van der Waals surface area contributed by atoms with Crippen LogP contribution in [-0.2, 0) is 0 Å². The van der Waals surface area contributed by atoms with E-state index in [0.29, 0.717) is 12.0 Å². The van der Waals surface area contributed by atoms with Gasteiger partial charge in [-0.2, -0.15) is 0 Å². The normalized spacial score (nSPS) is 14.6. The molecule has 0 saturated carbocycles. The second kappa shape index (κ2) is 3.87. The molecule has 0 aromatic carbocycles. The van der Waals surface area contributed by atoms with Crippen LogP contribution in [0.2, 0.25) is 0 Å². The fourth-order valence-corrected chi connectivity index (χ4v) is 0.782. The van der Waals surface area contributed by atoms with Crippen LogP contribution < -0.4 is 11.3 Å². The topological polar surface area (TPSA) is 38.0 Å². The Bertz CT molecular complexity index is 48.5. The molecule has 0 fully saturated rings. The Hall–Kier alpha value is -0.0800. The van der Waals surface area contributed by atoms with E-state index in [1.165, 1.54) is 0 Å². The smallest absolute Gasteiger partial charge is 0.0230 e. The van der Waals surface area contributed by atoms with Crippen molar-refractivity contribution in [3.8, 4) is 0 Å². The van der Waals surface area contributed by atoms with Crippen LogP contribution in [0.4, 0.5) is 0 Å². The van der Waals surface area contributed by atoms with E-state index >= 15 is 0 Å². The predicted molar refractivity (Wildman–Crippen MR) is 36.2 cm³/mol. The second-order valence-electron chi connectivity index (χ2n) is 2.43. The van der Waals surface area contributed by atoms with E-state index in [-0.39, 0.29) is 0 Å². The molecule has 0 saturated heterocycles. The fourth-order valence-electron chi connectivity index (χ4n) is 0.782. The molecule has 0 amide bonds. The summed E-state index contributed by atoms with van der Waals surface area (Å²) in [5, 5.41) is 0. The first-order valence-corrected chi connectivity index (χ1v) is 3.18. The SMILES string of the molecule is CC[C@H](NN)C(C)C. The lowest BCUT2D eigenvalue weighted by Gasteiger charge is -2.16. The van der Waals surface area contributed by atoms with Gasteiger partial charge in [-0.3, -0.25) is 11.3 Å². The first-order valence-electron chi connectivity index (χ1n) is 3.18. The molecule has 0 heterocycles. The van der Waals surface area contributed by atoms with E-state index in [1.54, 1.807) is 0 Å². The van der Waals surface area contributed by atoms with E-state index in [4.69, 9.17) is 5.84 Å². The first-order chi connectivity index (χ1) is 3.72. The molecular formula is C6H16N2. The number of hydrazine groups is 1. The molecule has 50 valence electrons. The van der Waals surface area contributed by atoms with Crippen LogP contribution >= 0.6 is 0 Å². The molecule has 0 bridgehead atoms. The van der Waals surface area contributed by atoms with Crippen molar-refractivity contribution in [2.45, 2.75) is 33.2 Å². The van der Waals surface area contributed by atoms with E-state index in [9.17, 15) is 0 Å². The van der Waals surface area contributed by atoms with Crippen molar-refractivity contribution < 1.29 is 0 Å². The van der Waals surface area contributed by atoms with Gasteiger partial charge in [0, 0.05) is 6.04 Å². The molecule has 3 N–H and O–H groups in total. The molecule has 0 aliphatic carbocycles. The average molecular weight is 116 g/mol. The third kappa shape index (κ3) is 2.28. The maximum atomic E-state index is 5.23. The minimum Gasteiger partial charge on any atom is -0.271 e. The van der Waals surface area contributed by atoms with Crippen molar-refractivity contribution in [2.24, 2.45) is 11.8 Å². The summed E-state index contributed by atoms with van der Waals surface area (Å²) in [6.07, 6.45) is 1.11. The van der Waals surface area contributed by atoms with Crippen molar-refractivity contribution in [3.05, 3.63) is 0 Å². The number of hydrogen-bond donors (Lipinski definition) is 2. The fraction of sp³-hybridized carbons (Fsp3) is 1.00. The van der Waals surface area contributed by atoms with E-state index in [1.807, 2.05) is 0 Å². The average Bonchev–Trinajstić information content (AvgIpc) is 1.69. The molecule has 8 heavy (non-hydrogen) atoms. The summed E-state index contributed by atoms with van der Waals surface area (Å²) in [4.78, 5) is 0. The minimum atomic E-state index is 0.481. The molecule has 2 heteroatoms. The van der Waals surface area contributed by atoms with Crippen LogP contribution in [0.1, 0.15) is 27.2 Å². The van der Waals surface area contributed by atoms with E-state index < -0.39 is 0 Å². The summed E-state index contributed by atoms with van der Waals surface area (Å²) >= 11 is 0. The Kier molecular flexibility index (Phi) is 3.83. The molecule has 2 nitrogen and oxygen atoms in total. The Balaban J connectivity index is 3.35. The summed E-state index contributed by atoms with van der Waals surface area (Å²) in [6, 6.07) is 0.481. The van der Waals surface area contributed by atoms with Crippen molar-refractivity contribution in [2.75, 3.05) is 0 Å². The molecule has 0 aromatic heterocycles. The summed E-state index contributed by atoms with van der Waals surface area (Å²) in [5.41, 5.74) is 2.75. The van der Waals surface area contributed by atoms with Crippen LogP contribution in [0.15, 0.2) is 0 Å². The van der Waals surface area contributed by atoms with Gasteiger partial charge in [-0.25, -0.2) is 0 Å². The third-order valence-electron chi connectivity index (χ3n) is 1.46. The highest BCUT2D eigenvalue weighted by molar-refractivity contribution is 4.63. The summed E-state index contributed by atoms with van der Waals surface area (Å²) in [5.74, 6) is 5.88. The molecule has 1 atom stereocenters. The van der Waals surface area contributed by atoms with E-state index in [2.05, 4.69) is 26.2 Å². The predicted octanol–water partition coefficient (Wildman–Crippen LogP) is 0.884. The standard InChI is InChI=1S/C6H16N2/c1-4-6(8-7)5(2)3/h5-6,8H,4,7H2,1-3H3/t6-/m0/s1. The summed E-state index contributed by atoms with van der Waals surface area (Å²) < 4.78 is 0. The van der Waals surface area contributed by atoms with Crippen LogP contribution in [0.3, 0.4) is 0 Å². The third-order valence-corrected chi connectivity index (χ3v) is 1.46. The van der Waals surface area contributed by atoms with Crippen LogP contribution in [0.5, 0.6) is 0 Å². The van der Waals surface area contributed by atoms with Crippen LogP contribution in [0.25, 0.3) is 0 Å². The van der Waals surface area contributed by atoms with Crippen LogP contribution in [-0.4, -0.2) is 6.04 Å². The Morgan fingerprint density at radius 2 is 2.00 bits per heavy atom. The zero-order valence-corrected chi connectivity index (χ0v) is 5.94. The lowest BCUT2D eigenvalue weighted by molar-refractivity contribution is 0.396. The van der Waals surface area contributed by atoms with Crippen molar-refractivity contribution in [1.82, 2.24) is 5.43 Å². The highest BCUT2D eigenvalue weighted by atomic mass is 15.2. The molecule has 0 aliphatic heterocycles. The first kappa shape index (κ1) is 7.92. The zero-order valence-electron chi connectivity index (χ0n) is 5.94. The zero-order chi connectivity index (χ0) is 6.57. The van der Waals surface area contributed by atoms with Gasteiger partial charge in [0.1, 0.15) is 0 Å². The lowest BCUT2D eigenvalue weighted by Crippen LogP contribution is -2.38. The maximum Gasteiger partial charge on any atom is 0.0230 e. The van der Waals surface area contributed by atoms with Gasteiger partial charge < -0.3 is 0 Å². The van der Waals surface area contributed by atoms with Gasteiger partial charge in [0.05, 0.1) is 0 Å². The van der Waals surface area contributed by atoms with Crippen molar-refractivity contribution in [3.63, 3.8) is 0 Å². The van der Waals surface area contributed by atoms with Gasteiger partial charge in [-0.05, 0) is 12.3 Å². The number of nitrogens with two attached hydrogens (primary N) is 1. The Labute approximate surface area is 51.4 Å². The number of rotatable bonds is 3. The van der Waals surface area contributed by atoms with Gasteiger partial charge in [0.15, 0.2) is 0 Å². The van der Waals surface area contributed by atoms with Gasteiger partial charge >= 0.3 is 0 Å².